The molecule has 138 valence electrons. The maximum absolute atomic E-state index is 12.6. The molecule has 0 bridgehead atoms. The van der Waals surface area contributed by atoms with E-state index in [0.717, 1.165) is 11.1 Å². The summed E-state index contributed by atoms with van der Waals surface area (Å²) in [6, 6.07) is 11.5. The molecule has 0 fully saturated rings. The van der Waals surface area contributed by atoms with Gasteiger partial charge in [0.25, 0.3) is 5.69 Å². The lowest BCUT2D eigenvalue weighted by molar-refractivity contribution is -0.384. The minimum Gasteiger partial charge on any atom is -0.326 e. The number of nitrogens with one attached hydrogen (secondary N) is 1. The summed E-state index contributed by atoms with van der Waals surface area (Å²) < 4.78 is 0. The third-order valence-corrected chi connectivity index (χ3v) is 4.54. The number of nitrogens with zero attached hydrogens (tertiary/aromatic N) is 2. The molecule has 3 rings (SSSR count). The largest absolute Gasteiger partial charge is 0.326 e. The predicted octanol–water partition coefficient (Wildman–Crippen LogP) is 3.81. The molecule has 0 spiro atoms. The fourth-order valence-corrected chi connectivity index (χ4v) is 3.19. The van der Waals surface area contributed by atoms with E-state index in [-0.39, 0.29) is 23.9 Å². The van der Waals surface area contributed by atoms with Crippen molar-refractivity contribution in [1.82, 2.24) is 4.90 Å². The van der Waals surface area contributed by atoms with E-state index >= 15 is 0 Å². The van der Waals surface area contributed by atoms with E-state index in [1.54, 1.807) is 18.0 Å². The van der Waals surface area contributed by atoms with Crippen LogP contribution in [0.25, 0.3) is 6.08 Å². The maximum atomic E-state index is 12.6. The van der Waals surface area contributed by atoms with Crippen LogP contribution in [-0.2, 0) is 9.59 Å². The summed E-state index contributed by atoms with van der Waals surface area (Å²) in [4.78, 5) is 36.5. The second-order valence-corrected chi connectivity index (χ2v) is 6.40. The van der Waals surface area contributed by atoms with E-state index in [4.69, 9.17) is 0 Å². The van der Waals surface area contributed by atoms with Gasteiger partial charge in [-0.05, 0) is 35.8 Å². The third kappa shape index (κ3) is 3.87. The van der Waals surface area contributed by atoms with E-state index in [1.165, 1.54) is 25.1 Å². The topological polar surface area (TPSA) is 92.6 Å². The average molecular weight is 365 g/mol. The number of nitro benzene ring substituents is 1. The summed E-state index contributed by atoms with van der Waals surface area (Å²) >= 11 is 0. The van der Waals surface area contributed by atoms with Gasteiger partial charge in [0, 0.05) is 30.9 Å². The van der Waals surface area contributed by atoms with Crippen LogP contribution in [0.5, 0.6) is 0 Å². The lowest BCUT2D eigenvalue weighted by atomic mass is 9.93. The van der Waals surface area contributed by atoms with E-state index in [0.29, 0.717) is 11.3 Å². The molecule has 1 aliphatic rings. The zero-order chi connectivity index (χ0) is 19.6. The number of hydrogen-bond acceptors (Lipinski definition) is 4. The monoisotopic (exact) mass is 365 g/mol. The Balaban J connectivity index is 1.81. The fourth-order valence-electron chi connectivity index (χ4n) is 3.19. The summed E-state index contributed by atoms with van der Waals surface area (Å²) in [7, 11) is 0. The van der Waals surface area contributed by atoms with Gasteiger partial charge < -0.3 is 10.2 Å². The molecule has 1 aliphatic heterocycles. The number of fused-ring (bicyclic) bond motifs is 1. The number of hydrogen-bond donors (Lipinski definition) is 1. The van der Waals surface area contributed by atoms with Gasteiger partial charge in [-0.3, -0.25) is 19.7 Å². The zero-order valence-electron chi connectivity index (χ0n) is 15.0. The molecule has 2 aromatic carbocycles. The first-order chi connectivity index (χ1) is 12.9. The van der Waals surface area contributed by atoms with Crippen molar-refractivity contribution in [3.05, 3.63) is 75.5 Å². The quantitative estimate of drug-likeness (QED) is 0.659. The first kappa shape index (κ1) is 18.3. The Kier molecular flexibility index (Phi) is 5.03. The van der Waals surface area contributed by atoms with Gasteiger partial charge >= 0.3 is 0 Å². The minimum absolute atomic E-state index is 0.0281. The number of nitro groups is 1. The Morgan fingerprint density at radius 2 is 1.96 bits per heavy atom. The molecular weight excluding hydrogens is 346 g/mol. The Labute approximate surface area is 156 Å². The van der Waals surface area contributed by atoms with Gasteiger partial charge in [-0.2, -0.15) is 0 Å². The van der Waals surface area contributed by atoms with Crippen LogP contribution < -0.4 is 5.32 Å². The van der Waals surface area contributed by atoms with E-state index in [9.17, 15) is 19.7 Å². The van der Waals surface area contributed by atoms with Gasteiger partial charge in [0.2, 0.25) is 11.8 Å². The molecule has 2 aromatic rings. The highest BCUT2D eigenvalue weighted by atomic mass is 16.6. The molecular formula is C20H19N3O4. The standard InChI is InChI=1S/C20H19N3O4/c1-13-11-16(23(26)27)7-8-18(13)21-20(25)12-19-17-6-4-3-5-15(17)9-10-22(19)14(2)24/h3-11,19H,12H2,1-2H3,(H,21,25)/t19-/m0/s1. The van der Waals surface area contributed by atoms with Crippen LogP contribution in [0.15, 0.2) is 48.7 Å². The highest BCUT2D eigenvalue weighted by Gasteiger charge is 2.28. The van der Waals surface area contributed by atoms with Gasteiger partial charge in [-0.15, -0.1) is 0 Å². The van der Waals surface area contributed by atoms with Crippen LogP contribution in [0.2, 0.25) is 0 Å². The summed E-state index contributed by atoms with van der Waals surface area (Å²) in [6.45, 7) is 3.16. The Bertz CT molecular complexity index is 952. The van der Waals surface area contributed by atoms with Crippen molar-refractivity contribution in [2.75, 3.05) is 5.32 Å². The minimum atomic E-state index is -0.478. The average Bonchev–Trinajstić information content (AvgIpc) is 2.63. The summed E-state index contributed by atoms with van der Waals surface area (Å²) in [6.07, 6.45) is 3.63. The van der Waals surface area contributed by atoms with Crippen molar-refractivity contribution in [2.45, 2.75) is 26.3 Å². The Hall–Kier alpha value is -3.48. The molecule has 0 aliphatic carbocycles. The van der Waals surface area contributed by atoms with Crippen molar-refractivity contribution in [1.29, 1.82) is 0 Å². The lowest BCUT2D eigenvalue weighted by Crippen LogP contribution is -2.33. The summed E-state index contributed by atoms with van der Waals surface area (Å²) in [5, 5.41) is 13.6. The molecule has 7 nitrogen and oxygen atoms in total. The second-order valence-electron chi connectivity index (χ2n) is 6.40. The molecule has 0 saturated carbocycles. The molecule has 0 aromatic heterocycles. The molecule has 1 atom stereocenters. The molecule has 0 unspecified atom stereocenters. The van der Waals surface area contributed by atoms with Crippen LogP contribution in [0.1, 0.15) is 36.1 Å². The number of non-ortho nitro benzene ring substituents is 1. The zero-order valence-corrected chi connectivity index (χ0v) is 15.0. The number of rotatable bonds is 4. The lowest BCUT2D eigenvalue weighted by Gasteiger charge is -2.32. The third-order valence-electron chi connectivity index (χ3n) is 4.54. The number of amides is 2. The van der Waals surface area contributed by atoms with E-state index < -0.39 is 11.0 Å². The molecule has 0 saturated heterocycles. The Morgan fingerprint density at radius 3 is 2.63 bits per heavy atom. The summed E-state index contributed by atoms with van der Waals surface area (Å²) in [5.74, 6) is -0.418. The number of anilines is 1. The van der Waals surface area contributed by atoms with Crippen LogP contribution in [0.4, 0.5) is 11.4 Å². The highest BCUT2D eigenvalue weighted by molar-refractivity contribution is 5.93. The Morgan fingerprint density at radius 1 is 1.22 bits per heavy atom. The van der Waals surface area contributed by atoms with Crippen LogP contribution in [0, 0.1) is 17.0 Å². The van der Waals surface area contributed by atoms with Gasteiger partial charge in [-0.25, -0.2) is 0 Å². The second kappa shape index (κ2) is 7.41. The SMILES string of the molecule is CC(=O)N1C=Cc2ccccc2[C@@H]1CC(=O)Nc1ccc([N+](=O)[O-])cc1C. The van der Waals surface area contributed by atoms with Crippen LogP contribution >= 0.6 is 0 Å². The first-order valence-electron chi connectivity index (χ1n) is 8.47. The molecule has 0 radical (unpaired) electrons. The van der Waals surface area contributed by atoms with Gasteiger partial charge in [0.15, 0.2) is 0 Å². The van der Waals surface area contributed by atoms with Crippen LogP contribution in [0.3, 0.4) is 0 Å². The van der Waals surface area contributed by atoms with Crippen molar-refractivity contribution >= 4 is 29.3 Å². The maximum Gasteiger partial charge on any atom is 0.269 e. The van der Waals surface area contributed by atoms with Crippen molar-refractivity contribution in [3.63, 3.8) is 0 Å². The van der Waals surface area contributed by atoms with Gasteiger partial charge in [-0.1, -0.05) is 24.3 Å². The smallest absolute Gasteiger partial charge is 0.269 e. The van der Waals surface area contributed by atoms with Gasteiger partial charge in [0.05, 0.1) is 17.4 Å². The number of carbonyl (C=O) groups is 2. The fraction of sp³-hybridized carbons (Fsp3) is 0.200. The molecule has 27 heavy (non-hydrogen) atoms. The predicted molar refractivity (Wildman–Crippen MR) is 102 cm³/mol. The summed E-state index contributed by atoms with van der Waals surface area (Å²) in [5.41, 5.74) is 2.97. The van der Waals surface area contributed by atoms with Crippen molar-refractivity contribution in [3.8, 4) is 0 Å². The van der Waals surface area contributed by atoms with Crippen molar-refractivity contribution < 1.29 is 14.5 Å². The van der Waals surface area contributed by atoms with E-state index in [2.05, 4.69) is 5.32 Å². The number of aryl methyl sites for hydroxylation is 1. The van der Waals surface area contributed by atoms with E-state index in [1.807, 2.05) is 30.3 Å². The normalized spacial score (nSPS) is 15.2. The first-order valence-corrected chi connectivity index (χ1v) is 8.47. The number of carbonyl (C=O) groups excluding carboxylic acids is 2. The molecule has 1 N–H and O–H groups in total. The van der Waals surface area contributed by atoms with Crippen LogP contribution in [-0.4, -0.2) is 21.6 Å². The van der Waals surface area contributed by atoms with Gasteiger partial charge in [0.1, 0.15) is 0 Å². The molecule has 1 heterocycles. The molecule has 2 amide bonds. The van der Waals surface area contributed by atoms with Crippen molar-refractivity contribution in [2.24, 2.45) is 0 Å². The number of benzene rings is 2. The highest BCUT2D eigenvalue weighted by Crippen LogP contribution is 2.33. The molecule has 7 heteroatoms.